The Morgan fingerprint density at radius 3 is 2.47 bits per heavy atom. The molecule has 2 rings (SSSR count). The van der Waals surface area contributed by atoms with Crippen molar-refractivity contribution < 1.29 is 14.4 Å². The molecular weight excluding hydrogens is 286 g/mol. The van der Waals surface area contributed by atoms with Crippen LogP contribution in [0.25, 0.3) is 0 Å². The topological polar surface area (TPSA) is 78.5 Å². The van der Waals surface area contributed by atoms with Gasteiger partial charge >= 0.3 is 11.8 Å². The van der Waals surface area contributed by atoms with Crippen molar-refractivity contribution in [1.82, 2.24) is 10.4 Å². The van der Waals surface area contributed by atoms with Crippen LogP contribution in [0.3, 0.4) is 0 Å². The second-order valence-corrected chi connectivity index (χ2v) is 5.15. The Morgan fingerprint density at radius 2 is 1.89 bits per heavy atom. The number of anilines is 1. The minimum Gasteiger partial charge on any atom is -0.318 e. The fourth-order valence-corrected chi connectivity index (χ4v) is 2.30. The smallest absolute Gasteiger partial charge is 0.318 e. The minimum absolute atomic E-state index is 0.166. The third kappa shape index (κ3) is 3.30. The van der Waals surface area contributed by atoms with Crippen molar-refractivity contribution in [1.29, 1.82) is 0 Å². The third-order valence-electron chi connectivity index (χ3n) is 2.20. The zero-order valence-electron chi connectivity index (χ0n) is 9.58. The van der Waals surface area contributed by atoms with Crippen LogP contribution in [0.1, 0.15) is 0 Å². The average Bonchev–Trinajstić information content (AvgIpc) is 2.71. The van der Waals surface area contributed by atoms with Gasteiger partial charge in [-0.15, -0.1) is 0 Å². The van der Waals surface area contributed by atoms with Crippen LogP contribution in [0, 0.1) is 0 Å². The monoisotopic (exact) mass is 295 g/mol. The van der Waals surface area contributed by atoms with Gasteiger partial charge in [-0.25, -0.2) is 5.01 Å². The lowest BCUT2D eigenvalue weighted by Crippen LogP contribution is -2.49. The van der Waals surface area contributed by atoms with Gasteiger partial charge in [0.05, 0.1) is 5.75 Å². The number of nitrogens with one attached hydrogen (secondary N) is 2. The van der Waals surface area contributed by atoms with E-state index in [4.69, 9.17) is 12.2 Å². The van der Waals surface area contributed by atoms with Crippen molar-refractivity contribution in [2.45, 2.75) is 0 Å². The maximum atomic E-state index is 11.6. The second-order valence-electron chi connectivity index (χ2n) is 3.54. The maximum Gasteiger partial charge on any atom is 0.328 e. The van der Waals surface area contributed by atoms with Crippen LogP contribution in [0.15, 0.2) is 30.3 Å². The van der Waals surface area contributed by atoms with E-state index in [-0.39, 0.29) is 16.0 Å². The van der Waals surface area contributed by atoms with Crippen LogP contribution in [0.2, 0.25) is 0 Å². The lowest BCUT2D eigenvalue weighted by Gasteiger charge is -2.15. The number of thiocarbonyl (C=S) groups is 1. The number of benzene rings is 1. The Bertz CT molecular complexity index is 531. The van der Waals surface area contributed by atoms with Crippen LogP contribution < -0.4 is 10.7 Å². The van der Waals surface area contributed by atoms with Gasteiger partial charge < -0.3 is 5.32 Å². The number of hydrogen-bond acceptors (Lipinski definition) is 5. The molecule has 1 saturated heterocycles. The summed E-state index contributed by atoms with van der Waals surface area (Å²) < 4.78 is 0.228. The molecule has 0 aliphatic carbocycles. The van der Waals surface area contributed by atoms with Gasteiger partial charge in [0.15, 0.2) is 4.32 Å². The van der Waals surface area contributed by atoms with Crippen molar-refractivity contribution in [2.24, 2.45) is 0 Å². The van der Waals surface area contributed by atoms with Gasteiger partial charge in [-0.05, 0) is 12.1 Å². The molecule has 1 heterocycles. The molecule has 8 heteroatoms. The predicted octanol–water partition coefficient (Wildman–Crippen LogP) is 0.517. The van der Waals surface area contributed by atoms with E-state index in [1.807, 2.05) is 0 Å². The van der Waals surface area contributed by atoms with Crippen molar-refractivity contribution in [3.8, 4) is 0 Å². The van der Waals surface area contributed by atoms with Gasteiger partial charge in [-0.1, -0.05) is 42.2 Å². The maximum absolute atomic E-state index is 11.6. The van der Waals surface area contributed by atoms with E-state index in [2.05, 4.69) is 10.7 Å². The molecule has 0 bridgehead atoms. The summed E-state index contributed by atoms with van der Waals surface area (Å²) in [5.74, 6) is -1.99. The molecule has 19 heavy (non-hydrogen) atoms. The Morgan fingerprint density at radius 1 is 1.21 bits per heavy atom. The molecule has 0 unspecified atom stereocenters. The summed E-state index contributed by atoms with van der Waals surface area (Å²) in [5, 5.41) is 3.32. The number of para-hydroxylation sites is 1. The highest BCUT2D eigenvalue weighted by molar-refractivity contribution is 8.23. The fourth-order valence-electron chi connectivity index (χ4n) is 1.32. The van der Waals surface area contributed by atoms with E-state index in [1.54, 1.807) is 30.3 Å². The number of nitrogens with zero attached hydrogens (tertiary/aromatic N) is 1. The molecule has 6 nitrogen and oxygen atoms in total. The van der Waals surface area contributed by atoms with Gasteiger partial charge in [0.25, 0.3) is 5.91 Å². The minimum atomic E-state index is -0.943. The van der Waals surface area contributed by atoms with Crippen LogP contribution in [-0.4, -0.2) is 32.8 Å². The fraction of sp³-hybridized carbons (Fsp3) is 0.0909. The molecule has 1 fully saturated rings. The molecule has 0 radical (unpaired) electrons. The standard InChI is InChI=1S/C11H9N3O3S2/c15-8-6-19-11(18)14(8)13-10(17)9(16)12-7-4-2-1-3-5-7/h1-5H,6H2,(H,12,16)(H,13,17). The molecule has 1 aromatic rings. The lowest BCUT2D eigenvalue weighted by molar-refractivity contribution is -0.141. The zero-order valence-corrected chi connectivity index (χ0v) is 11.2. The predicted molar refractivity (Wildman–Crippen MR) is 75.1 cm³/mol. The van der Waals surface area contributed by atoms with Gasteiger partial charge in [0.1, 0.15) is 0 Å². The van der Waals surface area contributed by atoms with E-state index < -0.39 is 11.8 Å². The van der Waals surface area contributed by atoms with Crippen LogP contribution in [0.4, 0.5) is 5.69 Å². The van der Waals surface area contributed by atoms with Crippen LogP contribution >= 0.6 is 24.0 Å². The van der Waals surface area contributed by atoms with E-state index in [1.165, 1.54) is 0 Å². The first-order valence-corrected chi connectivity index (χ1v) is 6.64. The van der Waals surface area contributed by atoms with E-state index in [0.717, 1.165) is 16.8 Å². The highest BCUT2D eigenvalue weighted by Crippen LogP contribution is 2.16. The number of carbonyl (C=O) groups is 3. The second kappa shape index (κ2) is 5.81. The first-order valence-electron chi connectivity index (χ1n) is 5.24. The highest BCUT2D eigenvalue weighted by Gasteiger charge is 2.30. The quantitative estimate of drug-likeness (QED) is 0.614. The number of carbonyl (C=O) groups excluding carboxylic acids is 3. The highest BCUT2D eigenvalue weighted by atomic mass is 32.2. The number of hydrazine groups is 1. The summed E-state index contributed by atoms with van der Waals surface area (Å²) >= 11 is 6.01. The Hall–Kier alpha value is -1.93. The molecule has 1 aromatic carbocycles. The Balaban J connectivity index is 1.95. The number of thioether (sulfide) groups is 1. The normalized spacial score (nSPS) is 14.4. The van der Waals surface area contributed by atoms with Gasteiger partial charge in [0, 0.05) is 5.69 Å². The van der Waals surface area contributed by atoms with Gasteiger partial charge in [0.2, 0.25) is 0 Å². The van der Waals surface area contributed by atoms with E-state index in [9.17, 15) is 14.4 Å². The number of amides is 3. The molecule has 2 N–H and O–H groups in total. The van der Waals surface area contributed by atoms with Crippen molar-refractivity contribution in [2.75, 3.05) is 11.1 Å². The van der Waals surface area contributed by atoms with Crippen LogP contribution in [-0.2, 0) is 14.4 Å². The largest absolute Gasteiger partial charge is 0.328 e. The molecule has 0 saturated carbocycles. The third-order valence-corrected chi connectivity index (χ3v) is 3.56. The van der Waals surface area contributed by atoms with Crippen molar-refractivity contribution in [3.63, 3.8) is 0 Å². The summed E-state index contributed by atoms with van der Waals surface area (Å²) in [6.45, 7) is 0. The van der Waals surface area contributed by atoms with E-state index >= 15 is 0 Å². The Labute approximate surface area is 118 Å². The molecule has 3 amide bonds. The molecule has 0 atom stereocenters. The summed E-state index contributed by atoms with van der Waals surface area (Å²) in [5.41, 5.74) is 2.66. The molecule has 0 spiro atoms. The van der Waals surface area contributed by atoms with E-state index in [0.29, 0.717) is 5.69 Å². The molecular formula is C11H9N3O3S2. The van der Waals surface area contributed by atoms with Gasteiger partial charge in [-0.3, -0.25) is 19.8 Å². The molecule has 0 aromatic heterocycles. The van der Waals surface area contributed by atoms with Gasteiger partial charge in [-0.2, -0.15) is 0 Å². The summed E-state index contributed by atoms with van der Waals surface area (Å²) in [6, 6.07) is 8.53. The first kappa shape index (κ1) is 13.5. The van der Waals surface area contributed by atoms with Crippen LogP contribution in [0.5, 0.6) is 0 Å². The molecule has 1 aliphatic heterocycles. The number of hydrogen-bond donors (Lipinski definition) is 2. The SMILES string of the molecule is O=C(Nc1ccccc1)C(=O)NN1C(=O)CSC1=S. The summed E-state index contributed by atoms with van der Waals surface area (Å²) in [7, 11) is 0. The lowest BCUT2D eigenvalue weighted by atomic mass is 10.3. The summed E-state index contributed by atoms with van der Waals surface area (Å²) in [4.78, 5) is 34.6. The van der Waals surface area contributed by atoms with Crippen molar-refractivity contribution in [3.05, 3.63) is 30.3 Å². The first-order chi connectivity index (χ1) is 9.08. The zero-order chi connectivity index (χ0) is 13.8. The number of rotatable bonds is 2. The Kier molecular flexibility index (Phi) is 4.13. The average molecular weight is 295 g/mol. The molecule has 98 valence electrons. The van der Waals surface area contributed by atoms with Crippen molar-refractivity contribution >= 4 is 51.7 Å². The summed E-state index contributed by atoms with van der Waals surface area (Å²) in [6.07, 6.45) is 0. The molecule has 1 aliphatic rings.